The largest absolute Gasteiger partial charge is 0.328 e. The number of rotatable bonds is 5. The highest BCUT2D eigenvalue weighted by atomic mass is 15.2. The van der Waals surface area contributed by atoms with Gasteiger partial charge in [-0.1, -0.05) is 20.3 Å². The molecule has 2 nitrogen and oxygen atoms in total. The van der Waals surface area contributed by atoms with Crippen LogP contribution in [0, 0.1) is 0 Å². The van der Waals surface area contributed by atoms with Crippen LogP contribution in [0.5, 0.6) is 0 Å². The SMILES string of the molecule is CCC(N)CCC1CCCCN1CC. The zero-order valence-electron chi connectivity index (χ0n) is 9.84. The molecule has 1 rings (SSSR count). The van der Waals surface area contributed by atoms with Crippen LogP contribution >= 0.6 is 0 Å². The van der Waals surface area contributed by atoms with Crippen LogP contribution in [0.15, 0.2) is 0 Å². The van der Waals surface area contributed by atoms with Crippen molar-refractivity contribution in [1.29, 1.82) is 0 Å². The van der Waals surface area contributed by atoms with Crippen molar-refractivity contribution >= 4 is 0 Å². The summed E-state index contributed by atoms with van der Waals surface area (Å²) in [5.41, 5.74) is 5.96. The van der Waals surface area contributed by atoms with Crippen LogP contribution < -0.4 is 5.73 Å². The van der Waals surface area contributed by atoms with Gasteiger partial charge in [0, 0.05) is 12.1 Å². The number of hydrogen-bond acceptors (Lipinski definition) is 2. The van der Waals surface area contributed by atoms with E-state index >= 15 is 0 Å². The lowest BCUT2D eigenvalue weighted by Gasteiger charge is -2.35. The molecule has 0 aromatic heterocycles. The van der Waals surface area contributed by atoms with E-state index in [4.69, 9.17) is 5.73 Å². The third-order valence-corrected chi connectivity index (χ3v) is 3.55. The molecule has 0 saturated carbocycles. The predicted molar refractivity (Wildman–Crippen MR) is 62.4 cm³/mol. The average molecular weight is 198 g/mol. The third kappa shape index (κ3) is 3.58. The second kappa shape index (κ2) is 6.41. The normalized spacial score (nSPS) is 26.4. The van der Waals surface area contributed by atoms with Crippen LogP contribution in [0.4, 0.5) is 0 Å². The molecule has 84 valence electrons. The molecule has 14 heavy (non-hydrogen) atoms. The summed E-state index contributed by atoms with van der Waals surface area (Å²) in [6.07, 6.45) is 7.84. The lowest BCUT2D eigenvalue weighted by atomic mass is 9.96. The molecule has 1 heterocycles. The van der Waals surface area contributed by atoms with Crippen molar-refractivity contribution in [3.8, 4) is 0 Å². The van der Waals surface area contributed by atoms with E-state index in [0.29, 0.717) is 6.04 Å². The fourth-order valence-corrected chi connectivity index (χ4v) is 2.41. The van der Waals surface area contributed by atoms with Gasteiger partial charge in [0.15, 0.2) is 0 Å². The Hall–Kier alpha value is -0.0800. The summed E-state index contributed by atoms with van der Waals surface area (Å²) in [5, 5.41) is 0. The van der Waals surface area contributed by atoms with Gasteiger partial charge in [-0.3, -0.25) is 0 Å². The van der Waals surface area contributed by atoms with Crippen LogP contribution in [-0.2, 0) is 0 Å². The molecule has 1 saturated heterocycles. The maximum atomic E-state index is 5.96. The van der Waals surface area contributed by atoms with Crippen molar-refractivity contribution in [1.82, 2.24) is 4.90 Å². The molecule has 2 heteroatoms. The number of hydrogen-bond donors (Lipinski definition) is 1. The number of likely N-dealkylation sites (tertiary alicyclic amines) is 1. The summed E-state index contributed by atoms with van der Waals surface area (Å²) in [6.45, 7) is 6.98. The molecule has 0 spiro atoms. The summed E-state index contributed by atoms with van der Waals surface area (Å²) in [4.78, 5) is 2.63. The highest BCUT2D eigenvalue weighted by Crippen LogP contribution is 2.21. The van der Waals surface area contributed by atoms with Gasteiger partial charge < -0.3 is 10.6 Å². The van der Waals surface area contributed by atoms with E-state index in [2.05, 4.69) is 18.7 Å². The maximum Gasteiger partial charge on any atom is 0.00957 e. The van der Waals surface area contributed by atoms with E-state index in [0.717, 1.165) is 12.5 Å². The van der Waals surface area contributed by atoms with E-state index in [-0.39, 0.29) is 0 Å². The molecule has 0 aliphatic carbocycles. The van der Waals surface area contributed by atoms with Gasteiger partial charge in [-0.15, -0.1) is 0 Å². The first-order valence-corrected chi connectivity index (χ1v) is 6.27. The lowest BCUT2D eigenvalue weighted by Crippen LogP contribution is -2.40. The molecule has 0 aromatic rings. The van der Waals surface area contributed by atoms with Gasteiger partial charge in [0.1, 0.15) is 0 Å². The number of nitrogens with two attached hydrogens (primary N) is 1. The van der Waals surface area contributed by atoms with E-state index in [9.17, 15) is 0 Å². The predicted octanol–water partition coefficient (Wildman–Crippen LogP) is 2.38. The van der Waals surface area contributed by atoms with Crippen molar-refractivity contribution in [2.45, 2.75) is 64.5 Å². The Morgan fingerprint density at radius 3 is 2.79 bits per heavy atom. The van der Waals surface area contributed by atoms with Gasteiger partial charge in [-0.25, -0.2) is 0 Å². The molecular weight excluding hydrogens is 172 g/mol. The van der Waals surface area contributed by atoms with E-state index in [1.165, 1.54) is 45.2 Å². The van der Waals surface area contributed by atoms with Gasteiger partial charge in [-0.05, 0) is 45.2 Å². The van der Waals surface area contributed by atoms with Crippen molar-refractivity contribution < 1.29 is 0 Å². The van der Waals surface area contributed by atoms with Crippen LogP contribution in [0.3, 0.4) is 0 Å². The summed E-state index contributed by atoms with van der Waals surface area (Å²) in [7, 11) is 0. The van der Waals surface area contributed by atoms with Crippen molar-refractivity contribution in [2.75, 3.05) is 13.1 Å². The highest BCUT2D eigenvalue weighted by molar-refractivity contribution is 4.77. The second-order valence-electron chi connectivity index (χ2n) is 4.52. The minimum Gasteiger partial charge on any atom is -0.328 e. The van der Waals surface area contributed by atoms with Gasteiger partial charge in [0.05, 0.1) is 0 Å². The molecule has 0 aromatic carbocycles. The Morgan fingerprint density at radius 2 is 2.14 bits per heavy atom. The summed E-state index contributed by atoms with van der Waals surface area (Å²) in [6, 6.07) is 1.25. The smallest absolute Gasteiger partial charge is 0.00957 e. The van der Waals surface area contributed by atoms with Gasteiger partial charge >= 0.3 is 0 Å². The fraction of sp³-hybridized carbons (Fsp3) is 1.00. The summed E-state index contributed by atoms with van der Waals surface area (Å²) < 4.78 is 0. The van der Waals surface area contributed by atoms with Crippen LogP contribution in [0.1, 0.15) is 52.4 Å². The molecule has 0 bridgehead atoms. The zero-order valence-corrected chi connectivity index (χ0v) is 9.84. The number of piperidine rings is 1. The Morgan fingerprint density at radius 1 is 1.36 bits per heavy atom. The molecule has 2 atom stereocenters. The quantitative estimate of drug-likeness (QED) is 0.735. The van der Waals surface area contributed by atoms with Gasteiger partial charge in [-0.2, -0.15) is 0 Å². The Bertz CT molecular complexity index is 147. The first-order chi connectivity index (χ1) is 6.77. The van der Waals surface area contributed by atoms with Crippen LogP contribution in [0.25, 0.3) is 0 Å². The standard InChI is InChI=1S/C12H26N2/c1-3-11(13)8-9-12-7-5-6-10-14(12)4-2/h11-12H,3-10,13H2,1-2H3. The summed E-state index contributed by atoms with van der Waals surface area (Å²) in [5.74, 6) is 0. The molecule has 2 N–H and O–H groups in total. The van der Waals surface area contributed by atoms with Gasteiger partial charge in [0.25, 0.3) is 0 Å². The molecule has 1 aliphatic rings. The number of nitrogens with zero attached hydrogens (tertiary/aromatic N) is 1. The van der Waals surface area contributed by atoms with Crippen LogP contribution in [-0.4, -0.2) is 30.1 Å². The molecule has 0 amide bonds. The summed E-state index contributed by atoms with van der Waals surface area (Å²) >= 11 is 0. The van der Waals surface area contributed by atoms with Gasteiger partial charge in [0.2, 0.25) is 0 Å². The Labute approximate surface area is 88.8 Å². The molecule has 1 aliphatic heterocycles. The van der Waals surface area contributed by atoms with Crippen molar-refractivity contribution in [3.63, 3.8) is 0 Å². The fourth-order valence-electron chi connectivity index (χ4n) is 2.41. The Kier molecular flexibility index (Phi) is 5.49. The molecule has 1 fully saturated rings. The lowest BCUT2D eigenvalue weighted by molar-refractivity contribution is 0.144. The highest BCUT2D eigenvalue weighted by Gasteiger charge is 2.20. The molecular formula is C12H26N2. The van der Waals surface area contributed by atoms with Crippen molar-refractivity contribution in [2.24, 2.45) is 5.73 Å². The minimum absolute atomic E-state index is 0.427. The minimum atomic E-state index is 0.427. The first-order valence-electron chi connectivity index (χ1n) is 6.27. The first kappa shape index (κ1) is 12.0. The van der Waals surface area contributed by atoms with E-state index < -0.39 is 0 Å². The van der Waals surface area contributed by atoms with Crippen LogP contribution in [0.2, 0.25) is 0 Å². The van der Waals surface area contributed by atoms with E-state index in [1.807, 2.05) is 0 Å². The maximum absolute atomic E-state index is 5.96. The van der Waals surface area contributed by atoms with E-state index in [1.54, 1.807) is 0 Å². The Balaban J connectivity index is 2.26. The third-order valence-electron chi connectivity index (χ3n) is 3.55. The molecule has 0 radical (unpaired) electrons. The molecule has 2 unspecified atom stereocenters. The van der Waals surface area contributed by atoms with Crippen molar-refractivity contribution in [3.05, 3.63) is 0 Å². The zero-order chi connectivity index (χ0) is 10.4. The monoisotopic (exact) mass is 198 g/mol. The second-order valence-corrected chi connectivity index (χ2v) is 4.52. The topological polar surface area (TPSA) is 29.3 Å². The average Bonchev–Trinajstić information content (AvgIpc) is 2.26.